The van der Waals surface area contributed by atoms with Crippen LogP contribution in [0.4, 0.5) is 25.0 Å². The lowest BCUT2D eigenvalue weighted by Gasteiger charge is -2.14. The first kappa shape index (κ1) is 16.9. The van der Waals surface area contributed by atoms with Crippen LogP contribution in [0.25, 0.3) is 10.9 Å². The average Bonchev–Trinajstić information content (AvgIpc) is 2.99. The molecule has 7 heteroatoms. The van der Waals surface area contributed by atoms with Crippen LogP contribution < -0.4 is 10.6 Å². The van der Waals surface area contributed by atoms with E-state index in [2.05, 4.69) is 20.6 Å². The fraction of sp³-hybridized carbons (Fsp3) is 0.222. The summed E-state index contributed by atoms with van der Waals surface area (Å²) in [5.74, 6) is -2.71. The standard InChI is InChI=1S/C18H18F2N4O/c1-2-18(19,20)9-12-3-5-13(6-4-12)23-17(25)24-16-11-22-15-10-21-8-7-14(15)16/h3-8,10-11,22H,2,9H2,1H3,(H2,23,24,25). The molecule has 0 unspecified atom stereocenters. The van der Waals surface area contributed by atoms with Crippen LogP contribution in [0.3, 0.4) is 0 Å². The van der Waals surface area contributed by atoms with Gasteiger partial charge in [0, 0.05) is 36.3 Å². The Labute approximate surface area is 143 Å². The van der Waals surface area contributed by atoms with E-state index in [0.29, 0.717) is 16.9 Å². The summed E-state index contributed by atoms with van der Waals surface area (Å²) in [5, 5.41) is 6.28. The number of halogens is 2. The topological polar surface area (TPSA) is 69.8 Å². The highest BCUT2D eigenvalue weighted by molar-refractivity contribution is 6.05. The molecule has 1 aromatic carbocycles. The number of benzene rings is 1. The average molecular weight is 344 g/mol. The molecule has 0 saturated heterocycles. The number of H-pyrrole nitrogens is 1. The molecule has 3 rings (SSSR count). The van der Waals surface area contributed by atoms with Crippen LogP contribution in [0.2, 0.25) is 0 Å². The Morgan fingerprint density at radius 2 is 1.96 bits per heavy atom. The van der Waals surface area contributed by atoms with Crippen molar-refractivity contribution in [2.24, 2.45) is 0 Å². The molecule has 0 saturated carbocycles. The second-order valence-electron chi connectivity index (χ2n) is 5.79. The molecular weight excluding hydrogens is 326 g/mol. The van der Waals surface area contributed by atoms with Crippen molar-refractivity contribution in [3.63, 3.8) is 0 Å². The van der Waals surface area contributed by atoms with Crippen molar-refractivity contribution in [2.75, 3.05) is 10.6 Å². The van der Waals surface area contributed by atoms with Gasteiger partial charge in [0.1, 0.15) is 0 Å². The molecule has 0 spiro atoms. The summed E-state index contributed by atoms with van der Waals surface area (Å²) >= 11 is 0. The Bertz CT molecular complexity index is 874. The summed E-state index contributed by atoms with van der Waals surface area (Å²) in [6, 6.07) is 7.79. The maximum Gasteiger partial charge on any atom is 0.323 e. The van der Waals surface area contributed by atoms with E-state index in [1.807, 2.05) is 0 Å². The first-order chi connectivity index (χ1) is 12.0. The van der Waals surface area contributed by atoms with Crippen LogP contribution in [-0.2, 0) is 6.42 Å². The van der Waals surface area contributed by atoms with Crippen molar-refractivity contribution < 1.29 is 13.6 Å². The van der Waals surface area contributed by atoms with E-state index < -0.39 is 12.0 Å². The molecule has 3 aromatic rings. The first-order valence-electron chi connectivity index (χ1n) is 7.93. The van der Waals surface area contributed by atoms with Gasteiger partial charge in [0.2, 0.25) is 0 Å². The molecule has 130 valence electrons. The van der Waals surface area contributed by atoms with Gasteiger partial charge in [-0.25, -0.2) is 13.6 Å². The number of urea groups is 1. The van der Waals surface area contributed by atoms with Gasteiger partial charge in [-0.2, -0.15) is 0 Å². The molecular formula is C18H18F2N4O. The molecule has 0 radical (unpaired) electrons. The smallest absolute Gasteiger partial charge is 0.323 e. The van der Waals surface area contributed by atoms with Gasteiger partial charge >= 0.3 is 6.03 Å². The first-order valence-corrected chi connectivity index (χ1v) is 7.93. The van der Waals surface area contributed by atoms with Gasteiger partial charge in [-0.15, -0.1) is 0 Å². The number of anilines is 2. The zero-order chi connectivity index (χ0) is 17.9. The van der Waals surface area contributed by atoms with Gasteiger partial charge in [0.05, 0.1) is 17.4 Å². The van der Waals surface area contributed by atoms with E-state index in [0.717, 1.165) is 10.9 Å². The minimum absolute atomic E-state index is 0.199. The zero-order valence-corrected chi connectivity index (χ0v) is 13.6. The molecule has 0 fully saturated rings. The minimum atomic E-state index is -2.71. The quantitative estimate of drug-likeness (QED) is 0.622. The molecule has 5 nitrogen and oxygen atoms in total. The normalized spacial score (nSPS) is 11.5. The number of hydrogen-bond donors (Lipinski definition) is 3. The number of nitrogens with zero attached hydrogens (tertiary/aromatic N) is 1. The summed E-state index contributed by atoms with van der Waals surface area (Å²) in [6.45, 7) is 1.46. The highest BCUT2D eigenvalue weighted by Crippen LogP contribution is 2.25. The fourth-order valence-electron chi connectivity index (χ4n) is 2.49. The molecule has 0 aliphatic rings. The van der Waals surface area contributed by atoms with E-state index in [9.17, 15) is 13.6 Å². The van der Waals surface area contributed by atoms with Crippen molar-refractivity contribution in [3.05, 3.63) is 54.5 Å². The van der Waals surface area contributed by atoms with Crippen LogP contribution in [0.5, 0.6) is 0 Å². The van der Waals surface area contributed by atoms with Gasteiger partial charge in [-0.05, 0) is 23.8 Å². The molecule has 2 aromatic heterocycles. The van der Waals surface area contributed by atoms with Crippen LogP contribution in [-0.4, -0.2) is 21.9 Å². The number of aromatic amines is 1. The van der Waals surface area contributed by atoms with Crippen molar-refractivity contribution in [3.8, 4) is 0 Å². The molecule has 0 aliphatic carbocycles. The van der Waals surface area contributed by atoms with E-state index in [1.54, 1.807) is 48.9 Å². The Balaban J connectivity index is 1.63. The summed E-state index contributed by atoms with van der Waals surface area (Å²) in [7, 11) is 0. The van der Waals surface area contributed by atoms with Crippen LogP contribution >= 0.6 is 0 Å². The number of alkyl halides is 2. The minimum Gasteiger partial charge on any atom is -0.358 e. The van der Waals surface area contributed by atoms with Crippen molar-refractivity contribution >= 4 is 28.3 Å². The van der Waals surface area contributed by atoms with Gasteiger partial charge in [0.25, 0.3) is 5.92 Å². The number of amides is 2. The molecule has 2 amide bonds. The third-order valence-corrected chi connectivity index (χ3v) is 3.92. The fourth-order valence-corrected chi connectivity index (χ4v) is 2.49. The lowest BCUT2D eigenvalue weighted by molar-refractivity contribution is -0.00219. The number of carbonyl (C=O) groups is 1. The van der Waals surface area contributed by atoms with Crippen molar-refractivity contribution in [1.82, 2.24) is 9.97 Å². The molecule has 0 atom stereocenters. The van der Waals surface area contributed by atoms with Crippen LogP contribution in [0.1, 0.15) is 18.9 Å². The SMILES string of the molecule is CCC(F)(F)Cc1ccc(NC(=O)Nc2c[nH]c3cnccc23)cc1. The maximum atomic E-state index is 13.4. The summed E-state index contributed by atoms with van der Waals surface area (Å²) < 4.78 is 26.8. The largest absolute Gasteiger partial charge is 0.358 e. The number of fused-ring (bicyclic) bond motifs is 1. The second kappa shape index (κ2) is 6.88. The third kappa shape index (κ3) is 4.12. The number of carbonyl (C=O) groups excluding carboxylic acids is 1. The van der Waals surface area contributed by atoms with Crippen molar-refractivity contribution in [1.29, 1.82) is 0 Å². The maximum absolute atomic E-state index is 13.4. The van der Waals surface area contributed by atoms with Crippen molar-refractivity contribution in [2.45, 2.75) is 25.7 Å². The Morgan fingerprint density at radius 3 is 2.68 bits per heavy atom. The Morgan fingerprint density at radius 1 is 1.20 bits per heavy atom. The molecule has 0 aliphatic heterocycles. The number of aromatic nitrogens is 2. The number of hydrogen-bond acceptors (Lipinski definition) is 2. The van der Waals surface area contributed by atoms with Crippen LogP contribution in [0.15, 0.2) is 48.9 Å². The van der Waals surface area contributed by atoms with E-state index in [4.69, 9.17) is 0 Å². The Hall–Kier alpha value is -2.96. The van der Waals surface area contributed by atoms with Gasteiger partial charge in [-0.1, -0.05) is 19.1 Å². The summed E-state index contributed by atoms with van der Waals surface area (Å²) in [4.78, 5) is 19.1. The summed E-state index contributed by atoms with van der Waals surface area (Å²) in [6.07, 6.45) is 4.49. The van der Waals surface area contributed by atoms with Gasteiger partial charge in [0.15, 0.2) is 0 Å². The van der Waals surface area contributed by atoms with E-state index >= 15 is 0 Å². The van der Waals surface area contributed by atoms with Gasteiger partial charge < -0.3 is 15.6 Å². The number of rotatable bonds is 5. The molecule has 25 heavy (non-hydrogen) atoms. The lowest BCUT2D eigenvalue weighted by atomic mass is 10.1. The predicted molar refractivity (Wildman–Crippen MR) is 94.1 cm³/mol. The molecule has 0 bridgehead atoms. The molecule has 2 heterocycles. The Kier molecular flexibility index (Phi) is 4.65. The molecule has 3 N–H and O–H groups in total. The highest BCUT2D eigenvalue weighted by Gasteiger charge is 2.26. The zero-order valence-electron chi connectivity index (χ0n) is 13.6. The van der Waals surface area contributed by atoms with E-state index in [1.165, 1.54) is 6.92 Å². The predicted octanol–water partition coefficient (Wildman–Crippen LogP) is 4.79. The highest BCUT2D eigenvalue weighted by atomic mass is 19.3. The lowest BCUT2D eigenvalue weighted by Crippen LogP contribution is -2.19. The van der Waals surface area contributed by atoms with Gasteiger partial charge in [-0.3, -0.25) is 4.98 Å². The summed E-state index contributed by atoms with van der Waals surface area (Å²) in [5.41, 5.74) is 2.51. The third-order valence-electron chi connectivity index (χ3n) is 3.92. The number of pyridine rings is 1. The second-order valence-corrected chi connectivity index (χ2v) is 5.79. The monoisotopic (exact) mass is 344 g/mol. The number of nitrogens with one attached hydrogen (secondary N) is 3. The van der Waals surface area contributed by atoms with Crippen LogP contribution in [0, 0.1) is 0 Å². The van der Waals surface area contributed by atoms with E-state index in [-0.39, 0.29) is 12.8 Å².